The second kappa shape index (κ2) is 5.75. The number of esters is 2. The summed E-state index contributed by atoms with van der Waals surface area (Å²) in [5, 5.41) is 8.39. The van der Waals surface area contributed by atoms with Crippen LogP contribution in [0.4, 0.5) is 0 Å². The summed E-state index contributed by atoms with van der Waals surface area (Å²) in [6.45, 7) is 2.71. The van der Waals surface area contributed by atoms with Gasteiger partial charge in [0.1, 0.15) is 6.10 Å². The highest BCUT2D eigenvalue weighted by Gasteiger charge is 2.19. The van der Waals surface area contributed by atoms with E-state index in [1.165, 1.54) is 21.0 Å². The number of carbonyl (C=O) groups excluding carboxylic acids is 2. The van der Waals surface area contributed by atoms with Gasteiger partial charge in [0.05, 0.1) is 18.8 Å². The summed E-state index contributed by atoms with van der Waals surface area (Å²) in [5.41, 5.74) is 0.0187. The molecule has 76 valence electrons. The standard InChI is InChI=1S/C9H11NO4/c1-6(14-7(2)11)8(4-5-10)9(12)13-3/h4,6H,1-3H3/b8-4+. The number of allylic oxidation sites excluding steroid dienone is 1. The van der Waals surface area contributed by atoms with Crippen molar-refractivity contribution in [3.63, 3.8) is 0 Å². The molecular formula is C9H11NO4. The van der Waals surface area contributed by atoms with Gasteiger partial charge in [-0.05, 0) is 6.92 Å². The molecule has 5 nitrogen and oxygen atoms in total. The largest absolute Gasteiger partial charge is 0.466 e. The van der Waals surface area contributed by atoms with Crippen LogP contribution in [0.25, 0.3) is 0 Å². The number of nitrogens with zero attached hydrogens (tertiary/aromatic N) is 1. The fourth-order valence-corrected chi connectivity index (χ4v) is 0.842. The molecule has 0 N–H and O–H groups in total. The van der Waals surface area contributed by atoms with E-state index in [9.17, 15) is 9.59 Å². The molecule has 0 rings (SSSR count). The third-order valence-electron chi connectivity index (χ3n) is 1.42. The minimum Gasteiger partial charge on any atom is -0.466 e. The van der Waals surface area contributed by atoms with Crippen molar-refractivity contribution in [2.75, 3.05) is 7.11 Å². The number of nitriles is 1. The van der Waals surface area contributed by atoms with Crippen LogP contribution in [0.3, 0.4) is 0 Å². The molecule has 0 radical (unpaired) electrons. The lowest BCUT2D eigenvalue weighted by atomic mass is 10.1. The topological polar surface area (TPSA) is 76.4 Å². The molecule has 14 heavy (non-hydrogen) atoms. The van der Waals surface area contributed by atoms with Gasteiger partial charge in [0.2, 0.25) is 0 Å². The molecule has 0 fully saturated rings. The molecular weight excluding hydrogens is 186 g/mol. The van der Waals surface area contributed by atoms with Gasteiger partial charge in [0.25, 0.3) is 0 Å². The molecule has 0 aliphatic rings. The molecule has 0 aromatic carbocycles. The first-order valence-electron chi connectivity index (χ1n) is 3.88. The Morgan fingerprint density at radius 1 is 1.50 bits per heavy atom. The monoisotopic (exact) mass is 197 g/mol. The van der Waals surface area contributed by atoms with E-state index in [0.29, 0.717) is 0 Å². The van der Waals surface area contributed by atoms with Gasteiger partial charge < -0.3 is 9.47 Å². The van der Waals surface area contributed by atoms with Gasteiger partial charge in [0, 0.05) is 13.0 Å². The van der Waals surface area contributed by atoms with Crippen LogP contribution in [0.15, 0.2) is 11.6 Å². The molecule has 5 heteroatoms. The van der Waals surface area contributed by atoms with Crippen molar-refractivity contribution in [2.24, 2.45) is 0 Å². The fourth-order valence-electron chi connectivity index (χ4n) is 0.842. The van der Waals surface area contributed by atoms with E-state index in [1.807, 2.05) is 0 Å². The molecule has 0 aromatic rings. The predicted molar refractivity (Wildman–Crippen MR) is 46.9 cm³/mol. The number of hydrogen-bond acceptors (Lipinski definition) is 5. The Morgan fingerprint density at radius 2 is 2.07 bits per heavy atom. The smallest absolute Gasteiger partial charge is 0.338 e. The second-order valence-electron chi connectivity index (χ2n) is 2.47. The highest BCUT2D eigenvalue weighted by Crippen LogP contribution is 2.08. The molecule has 0 saturated carbocycles. The zero-order chi connectivity index (χ0) is 11.1. The number of carbonyl (C=O) groups is 2. The Bertz CT molecular complexity index is 300. The number of rotatable bonds is 3. The second-order valence-corrected chi connectivity index (χ2v) is 2.47. The van der Waals surface area contributed by atoms with Crippen molar-refractivity contribution >= 4 is 11.9 Å². The van der Waals surface area contributed by atoms with E-state index >= 15 is 0 Å². The van der Waals surface area contributed by atoms with Crippen LogP contribution < -0.4 is 0 Å². The van der Waals surface area contributed by atoms with Gasteiger partial charge in [0.15, 0.2) is 0 Å². The average molecular weight is 197 g/mol. The van der Waals surface area contributed by atoms with Crippen LogP contribution in [0.2, 0.25) is 0 Å². The molecule has 0 aliphatic carbocycles. The van der Waals surface area contributed by atoms with Crippen LogP contribution in [0, 0.1) is 11.3 Å². The van der Waals surface area contributed by atoms with Gasteiger partial charge >= 0.3 is 11.9 Å². The highest BCUT2D eigenvalue weighted by molar-refractivity contribution is 5.90. The zero-order valence-electron chi connectivity index (χ0n) is 8.23. The van der Waals surface area contributed by atoms with Crippen LogP contribution in [0.1, 0.15) is 13.8 Å². The van der Waals surface area contributed by atoms with E-state index in [4.69, 9.17) is 10.00 Å². The summed E-state index contributed by atoms with van der Waals surface area (Å²) in [5.74, 6) is -1.20. The average Bonchev–Trinajstić information content (AvgIpc) is 2.11. The Labute approximate surface area is 81.9 Å². The van der Waals surface area contributed by atoms with Crippen molar-refractivity contribution in [1.29, 1.82) is 5.26 Å². The summed E-state index contributed by atoms with van der Waals surface area (Å²) >= 11 is 0. The van der Waals surface area contributed by atoms with E-state index in [-0.39, 0.29) is 5.57 Å². The number of hydrogen-bond donors (Lipinski definition) is 0. The van der Waals surface area contributed by atoms with Crippen molar-refractivity contribution in [1.82, 2.24) is 0 Å². The molecule has 1 unspecified atom stereocenters. The van der Waals surface area contributed by atoms with E-state index < -0.39 is 18.0 Å². The third kappa shape index (κ3) is 3.72. The van der Waals surface area contributed by atoms with Crippen molar-refractivity contribution < 1.29 is 19.1 Å². The zero-order valence-corrected chi connectivity index (χ0v) is 8.23. The molecule has 0 amide bonds. The highest BCUT2D eigenvalue weighted by atomic mass is 16.6. The van der Waals surface area contributed by atoms with Crippen LogP contribution in [0.5, 0.6) is 0 Å². The summed E-state index contributed by atoms with van der Waals surface area (Å²) < 4.78 is 9.15. The van der Waals surface area contributed by atoms with Gasteiger partial charge in [-0.25, -0.2) is 4.79 Å². The first kappa shape index (κ1) is 12.2. The molecule has 1 atom stereocenters. The van der Waals surface area contributed by atoms with Crippen molar-refractivity contribution in [3.05, 3.63) is 11.6 Å². The number of methoxy groups -OCH3 is 1. The first-order valence-corrected chi connectivity index (χ1v) is 3.88. The molecule has 0 bridgehead atoms. The molecule has 0 spiro atoms. The lowest BCUT2D eigenvalue weighted by molar-refractivity contribution is -0.146. The Balaban J connectivity index is 4.68. The summed E-state index contributed by atoms with van der Waals surface area (Å²) in [4.78, 5) is 21.7. The minimum absolute atomic E-state index is 0.0187. The van der Waals surface area contributed by atoms with Gasteiger partial charge in [-0.15, -0.1) is 0 Å². The summed E-state index contributed by atoms with van der Waals surface area (Å²) in [7, 11) is 1.19. The molecule has 0 aliphatic heterocycles. The van der Waals surface area contributed by atoms with Gasteiger partial charge in [-0.1, -0.05) is 0 Å². The maximum Gasteiger partial charge on any atom is 0.338 e. The third-order valence-corrected chi connectivity index (χ3v) is 1.42. The fraction of sp³-hybridized carbons (Fsp3) is 0.444. The van der Waals surface area contributed by atoms with Crippen LogP contribution in [-0.2, 0) is 19.1 Å². The van der Waals surface area contributed by atoms with Crippen molar-refractivity contribution in [3.8, 4) is 6.07 Å². The van der Waals surface area contributed by atoms with Gasteiger partial charge in [-0.3, -0.25) is 4.79 Å². The Hall–Kier alpha value is -1.83. The summed E-state index contributed by atoms with van der Waals surface area (Å²) in [6, 6.07) is 1.68. The SMILES string of the molecule is COC(=O)/C(=C/C#N)C(C)OC(C)=O. The Kier molecular flexibility index (Phi) is 5.00. The lowest BCUT2D eigenvalue weighted by Crippen LogP contribution is -2.21. The van der Waals surface area contributed by atoms with E-state index in [0.717, 1.165) is 6.08 Å². The number of ether oxygens (including phenoxy) is 2. The molecule has 0 heterocycles. The normalized spacial score (nSPS) is 12.6. The van der Waals surface area contributed by atoms with Crippen molar-refractivity contribution in [2.45, 2.75) is 20.0 Å². The van der Waals surface area contributed by atoms with Gasteiger partial charge in [-0.2, -0.15) is 5.26 Å². The Morgan fingerprint density at radius 3 is 2.43 bits per heavy atom. The van der Waals surface area contributed by atoms with Crippen LogP contribution in [-0.4, -0.2) is 25.2 Å². The lowest BCUT2D eigenvalue weighted by Gasteiger charge is -2.12. The quantitative estimate of drug-likeness (QED) is 0.375. The van der Waals surface area contributed by atoms with Crippen LogP contribution >= 0.6 is 0 Å². The maximum absolute atomic E-state index is 11.1. The van der Waals surface area contributed by atoms with E-state index in [1.54, 1.807) is 6.07 Å². The predicted octanol–water partition coefficient (Wildman–Crippen LogP) is 0.561. The molecule has 0 saturated heterocycles. The first-order chi connectivity index (χ1) is 6.52. The molecule has 0 aromatic heterocycles. The van der Waals surface area contributed by atoms with E-state index in [2.05, 4.69) is 4.74 Å². The maximum atomic E-state index is 11.1. The summed E-state index contributed by atoms with van der Waals surface area (Å²) in [6.07, 6.45) is 0.221. The minimum atomic E-state index is -0.778.